The Kier molecular flexibility index (Phi) is 12.2. The Morgan fingerprint density at radius 2 is 1.93 bits per heavy atom. The van der Waals surface area contributed by atoms with Crippen LogP contribution in [0.25, 0.3) is 11.0 Å². The van der Waals surface area contributed by atoms with Crippen LogP contribution in [0.5, 0.6) is 5.88 Å². The number of carbonyl (C=O) groups is 4. The maximum absolute atomic E-state index is 14.6. The third-order valence-corrected chi connectivity index (χ3v) is 12.5. The van der Waals surface area contributed by atoms with E-state index in [1.165, 1.54) is 42.9 Å². The molecule has 3 aliphatic rings. The zero-order valence-corrected chi connectivity index (χ0v) is 32.1. The summed E-state index contributed by atoms with van der Waals surface area (Å²) in [4.78, 5) is 64.3. The molecule has 15 nitrogen and oxygen atoms in total. The second-order valence-corrected chi connectivity index (χ2v) is 17.1. The van der Waals surface area contributed by atoms with Crippen LogP contribution in [0, 0.1) is 18.7 Å². The van der Waals surface area contributed by atoms with Gasteiger partial charge in [-0.3, -0.25) is 23.9 Å². The molecule has 55 heavy (non-hydrogen) atoms. The van der Waals surface area contributed by atoms with Crippen LogP contribution in [0.15, 0.2) is 40.9 Å². The lowest BCUT2D eigenvalue weighted by atomic mass is 10.0. The molecule has 0 unspecified atom stereocenters. The van der Waals surface area contributed by atoms with Gasteiger partial charge >= 0.3 is 0 Å². The first-order valence-electron chi connectivity index (χ1n) is 18.9. The third-order valence-electron chi connectivity index (χ3n) is 10.3. The number of unbranched alkanes of at least 4 members (excludes halogenated alkanes) is 3. The van der Waals surface area contributed by atoms with Gasteiger partial charge in [0.25, 0.3) is 11.8 Å². The number of likely N-dealkylation sites (tertiary alicyclic amines) is 1. The number of sulfonamides is 1. The van der Waals surface area contributed by atoms with Crippen LogP contribution in [-0.4, -0.2) is 88.1 Å². The smallest absolute Gasteiger partial charge is 0.274 e. The Morgan fingerprint density at radius 1 is 1.15 bits per heavy atom. The molecular formula is C38H48FN7O8S. The van der Waals surface area contributed by atoms with Crippen molar-refractivity contribution in [3.05, 3.63) is 59.4 Å². The molecule has 4 amide bonds. The topological polar surface area (TPSA) is 203 Å². The standard InChI is InChI=1S/C38H48FN7O8S/c1-4-25-19-30(44-54-25)34(48)42-29(13-9-7-5-6-8-11-24-15-16-24)37(50)46-22-26(53-36-23(2)41-28-14-10-12-27(39)33(28)43-36)20-31(46)35(49)40-21-32(47)45-55(51,52)38(3)17-18-38/h8,10-12,14,19,24,26,29,31H,4-7,9,13,15-18,20-22H2,1-3H3,(H,40,49)(H,42,48)(H,45,47)/t26-,29+,31+/m1/s1. The summed E-state index contributed by atoms with van der Waals surface area (Å²) >= 11 is 0. The molecule has 2 saturated carbocycles. The summed E-state index contributed by atoms with van der Waals surface area (Å²) in [6.07, 6.45) is 10.8. The summed E-state index contributed by atoms with van der Waals surface area (Å²) in [6.45, 7) is 4.25. The van der Waals surface area contributed by atoms with Crippen LogP contribution in [-0.2, 0) is 30.8 Å². The van der Waals surface area contributed by atoms with Crippen LogP contribution < -0.4 is 20.1 Å². The molecule has 3 heterocycles. The molecule has 3 aromatic rings. The van der Waals surface area contributed by atoms with Crippen LogP contribution >= 0.6 is 0 Å². The molecule has 3 fully saturated rings. The van der Waals surface area contributed by atoms with Gasteiger partial charge in [0.15, 0.2) is 11.5 Å². The number of ether oxygens (including phenoxy) is 1. The first-order chi connectivity index (χ1) is 26.3. The number of nitrogens with one attached hydrogen (secondary N) is 3. The number of para-hydroxylation sites is 1. The number of nitrogens with zero attached hydrogens (tertiary/aromatic N) is 4. The summed E-state index contributed by atoms with van der Waals surface area (Å²) in [7, 11) is -3.94. The quantitative estimate of drug-likeness (QED) is 0.125. The maximum atomic E-state index is 14.6. The summed E-state index contributed by atoms with van der Waals surface area (Å²) in [5.41, 5.74) is 0.698. The molecule has 3 atom stereocenters. The molecule has 1 saturated heterocycles. The van der Waals surface area contributed by atoms with E-state index in [9.17, 15) is 32.0 Å². The van der Waals surface area contributed by atoms with E-state index in [0.29, 0.717) is 48.6 Å². The monoisotopic (exact) mass is 781 g/mol. The number of hydrogen-bond donors (Lipinski definition) is 3. The average Bonchev–Trinajstić information content (AvgIpc) is 4.03. The van der Waals surface area contributed by atoms with Gasteiger partial charge in [0.05, 0.1) is 23.4 Å². The summed E-state index contributed by atoms with van der Waals surface area (Å²) in [5, 5.41) is 9.11. The molecule has 6 rings (SSSR count). The lowest BCUT2D eigenvalue weighted by Crippen LogP contribution is -2.54. The van der Waals surface area contributed by atoms with Gasteiger partial charge in [-0.15, -0.1) is 0 Å². The lowest BCUT2D eigenvalue weighted by molar-refractivity contribution is -0.140. The normalized spacial score (nSPS) is 19.7. The molecule has 1 aromatic carbocycles. The number of fused-ring (bicyclic) bond motifs is 1. The minimum Gasteiger partial charge on any atom is -0.471 e. The van der Waals surface area contributed by atoms with Crippen molar-refractivity contribution in [1.82, 2.24) is 35.4 Å². The number of allylic oxidation sites excluding steroid dienone is 2. The van der Waals surface area contributed by atoms with Crippen molar-refractivity contribution in [3.8, 4) is 5.88 Å². The molecule has 296 valence electrons. The van der Waals surface area contributed by atoms with Gasteiger partial charge in [-0.25, -0.2) is 22.8 Å². The largest absolute Gasteiger partial charge is 0.471 e. The molecule has 17 heteroatoms. The minimum absolute atomic E-state index is 0.00534. The molecule has 1 aliphatic heterocycles. The third kappa shape index (κ3) is 9.85. The molecule has 2 aliphatic carbocycles. The summed E-state index contributed by atoms with van der Waals surface area (Å²) < 4.78 is 52.2. The fourth-order valence-corrected chi connectivity index (χ4v) is 7.70. The van der Waals surface area contributed by atoms with Crippen LogP contribution in [0.2, 0.25) is 0 Å². The zero-order chi connectivity index (χ0) is 39.3. The van der Waals surface area contributed by atoms with Crippen molar-refractivity contribution in [2.24, 2.45) is 5.92 Å². The molecular weight excluding hydrogens is 734 g/mol. The highest BCUT2D eigenvalue weighted by atomic mass is 32.2. The van der Waals surface area contributed by atoms with E-state index in [-0.39, 0.29) is 36.5 Å². The molecule has 3 N–H and O–H groups in total. The fraction of sp³-hybridized carbons (Fsp3) is 0.553. The van der Waals surface area contributed by atoms with E-state index in [1.54, 1.807) is 13.0 Å². The number of carbonyl (C=O) groups excluding carboxylic acids is 4. The fourth-order valence-electron chi connectivity index (χ4n) is 6.44. The Hall–Kier alpha value is -4.93. The van der Waals surface area contributed by atoms with E-state index in [1.807, 2.05) is 11.6 Å². The number of hydrogen-bond acceptors (Lipinski definition) is 11. The van der Waals surface area contributed by atoms with Gasteiger partial charge in [-0.05, 0) is 76.8 Å². The van der Waals surface area contributed by atoms with E-state index in [4.69, 9.17) is 9.26 Å². The van der Waals surface area contributed by atoms with Crippen molar-refractivity contribution in [2.45, 2.75) is 114 Å². The van der Waals surface area contributed by atoms with Crippen molar-refractivity contribution in [3.63, 3.8) is 0 Å². The highest BCUT2D eigenvalue weighted by Gasteiger charge is 2.51. The Morgan fingerprint density at radius 3 is 2.64 bits per heavy atom. The summed E-state index contributed by atoms with van der Waals surface area (Å²) in [6, 6.07) is 3.65. The van der Waals surface area contributed by atoms with E-state index in [0.717, 1.165) is 19.3 Å². The number of benzene rings is 1. The number of halogens is 1. The van der Waals surface area contributed by atoms with Crippen molar-refractivity contribution in [1.29, 1.82) is 0 Å². The molecule has 0 bridgehead atoms. The highest BCUT2D eigenvalue weighted by molar-refractivity contribution is 7.91. The van der Waals surface area contributed by atoms with Crippen molar-refractivity contribution in [2.75, 3.05) is 13.1 Å². The first kappa shape index (κ1) is 39.8. The van der Waals surface area contributed by atoms with Crippen molar-refractivity contribution >= 4 is 44.7 Å². The predicted octanol–water partition coefficient (Wildman–Crippen LogP) is 3.81. The van der Waals surface area contributed by atoms with E-state index >= 15 is 0 Å². The van der Waals surface area contributed by atoms with Crippen LogP contribution in [0.3, 0.4) is 0 Å². The van der Waals surface area contributed by atoms with Crippen LogP contribution in [0.1, 0.15) is 100.0 Å². The maximum Gasteiger partial charge on any atom is 0.274 e. The predicted molar refractivity (Wildman–Crippen MR) is 199 cm³/mol. The Labute approximate surface area is 319 Å². The number of rotatable bonds is 18. The molecule has 0 spiro atoms. The van der Waals surface area contributed by atoms with Gasteiger partial charge in [0.1, 0.15) is 35.2 Å². The second kappa shape index (κ2) is 16.8. The van der Waals surface area contributed by atoms with Gasteiger partial charge in [0.2, 0.25) is 27.7 Å². The average molecular weight is 782 g/mol. The summed E-state index contributed by atoms with van der Waals surface area (Å²) in [5.74, 6) is -2.22. The van der Waals surface area contributed by atoms with Gasteiger partial charge < -0.3 is 24.8 Å². The highest BCUT2D eigenvalue weighted by Crippen LogP contribution is 2.42. The number of aryl methyl sites for hydroxylation is 2. The molecule has 2 aromatic heterocycles. The van der Waals surface area contributed by atoms with Crippen molar-refractivity contribution < 1.29 is 41.2 Å². The van der Waals surface area contributed by atoms with E-state index in [2.05, 4.69) is 37.9 Å². The van der Waals surface area contributed by atoms with Gasteiger partial charge in [0, 0.05) is 18.9 Å². The van der Waals surface area contributed by atoms with Gasteiger partial charge in [-0.1, -0.05) is 43.1 Å². The second-order valence-electron chi connectivity index (χ2n) is 14.9. The van der Waals surface area contributed by atoms with Crippen LogP contribution in [0.4, 0.5) is 4.39 Å². The Balaban J connectivity index is 1.20. The van der Waals surface area contributed by atoms with E-state index < -0.39 is 68.9 Å². The minimum atomic E-state index is -3.94. The Bertz CT molecular complexity index is 2060. The zero-order valence-electron chi connectivity index (χ0n) is 31.3. The SMILES string of the molecule is CCc1cc(C(=O)N[C@@H](CCCCCC=CC2CC2)C(=O)N2C[C@H](Oc3nc4c(F)cccc4nc3C)C[C@H]2C(=O)NCC(=O)NS(=O)(=O)C2(C)CC2)no1. The van der Waals surface area contributed by atoms with Gasteiger partial charge in [-0.2, -0.15) is 0 Å². The number of aromatic nitrogens is 3. The molecule has 0 radical (unpaired) electrons. The first-order valence-corrected chi connectivity index (χ1v) is 20.4. The number of amides is 4. The lowest BCUT2D eigenvalue weighted by Gasteiger charge is -2.28.